The largest absolute Gasteiger partial charge is 0.397 e. The zero-order valence-corrected chi connectivity index (χ0v) is 11.3. The molecule has 0 saturated carbocycles. The van der Waals surface area contributed by atoms with E-state index in [1.54, 1.807) is 29.1 Å². The number of rotatable bonds is 4. The van der Waals surface area contributed by atoms with Crippen LogP contribution in [0.5, 0.6) is 0 Å². The smallest absolute Gasteiger partial charge is 0.226 e. The number of carbonyl (C=O) groups excluding carboxylic acids is 1. The standard InChI is InChI=1S/C13H15ClN4O/c1-9-4-6-16-18(9)7-5-13(19)17-12-8-10(14)2-3-11(12)15/h2-4,6,8H,5,7,15H2,1H3,(H,17,19). The van der Waals surface area contributed by atoms with Crippen molar-refractivity contribution in [2.24, 2.45) is 0 Å². The molecule has 0 aliphatic rings. The maximum Gasteiger partial charge on any atom is 0.226 e. The van der Waals surface area contributed by atoms with Crippen LogP contribution < -0.4 is 11.1 Å². The number of nitrogens with zero attached hydrogens (tertiary/aromatic N) is 2. The van der Waals surface area contributed by atoms with Gasteiger partial charge in [-0.15, -0.1) is 0 Å². The second-order valence-electron chi connectivity index (χ2n) is 4.23. The minimum atomic E-state index is -0.121. The van der Waals surface area contributed by atoms with E-state index in [9.17, 15) is 4.79 Å². The van der Waals surface area contributed by atoms with E-state index in [2.05, 4.69) is 10.4 Å². The second kappa shape index (κ2) is 5.75. The second-order valence-corrected chi connectivity index (χ2v) is 4.66. The molecule has 0 atom stereocenters. The average molecular weight is 279 g/mol. The van der Waals surface area contributed by atoms with Crippen LogP contribution in [0.2, 0.25) is 5.02 Å². The molecule has 0 aliphatic heterocycles. The lowest BCUT2D eigenvalue weighted by Crippen LogP contribution is -2.16. The van der Waals surface area contributed by atoms with Gasteiger partial charge in [0, 0.05) is 29.9 Å². The zero-order chi connectivity index (χ0) is 13.8. The minimum absolute atomic E-state index is 0.121. The predicted octanol–water partition coefficient (Wildman–Crippen LogP) is 2.46. The van der Waals surface area contributed by atoms with Gasteiger partial charge in [-0.3, -0.25) is 9.48 Å². The van der Waals surface area contributed by atoms with Crippen LogP contribution in [0.1, 0.15) is 12.1 Å². The normalized spacial score (nSPS) is 10.4. The number of aryl methyl sites for hydroxylation is 2. The third-order valence-corrected chi connectivity index (χ3v) is 3.00. The Balaban J connectivity index is 1.94. The molecular formula is C13H15ClN4O. The number of hydrogen-bond donors (Lipinski definition) is 2. The molecule has 2 aromatic rings. The first-order valence-corrected chi connectivity index (χ1v) is 6.27. The van der Waals surface area contributed by atoms with Crippen molar-refractivity contribution in [1.82, 2.24) is 9.78 Å². The first-order valence-electron chi connectivity index (χ1n) is 5.89. The van der Waals surface area contributed by atoms with Gasteiger partial charge in [-0.1, -0.05) is 11.6 Å². The van der Waals surface area contributed by atoms with Crippen LogP contribution in [0.4, 0.5) is 11.4 Å². The summed E-state index contributed by atoms with van der Waals surface area (Å²) in [6.45, 7) is 2.48. The number of aromatic nitrogens is 2. The fourth-order valence-electron chi connectivity index (χ4n) is 1.69. The number of carbonyl (C=O) groups is 1. The van der Waals surface area contributed by atoms with Crippen LogP contribution in [0.15, 0.2) is 30.5 Å². The highest BCUT2D eigenvalue weighted by molar-refractivity contribution is 6.31. The number of nitrogens with two attached hydrogens (primary N) is 1. The van der Waals surface area contributed by atoms with E-state index >= 15 is 0 Å². The molecule has 5 nitrogen and oxygen atoms in total. The molecule has 1 heterocycles. The number of amides is 1. The Bertz CT molecular complexity index is 594. The Morgan fingerprint density at radius 2 is 2.26 bits per heavy atom. The van der Waals surface area contributed by atoms with Crippen LogP contribution in [0, 0.1) is 6.92 Å². The Hall–Kier alpha value is -2.01. The number of nitrogen functional groups attached to an aromatic ring is 1. The fourth-order valence-corrected chi connectivity index (χ4v) is 1.86. The van der Waals surface area contributed by atoms with Crippen molar-refractivity contribution >= 4 is 28.9 Å². The number of nitrogens with one attached hydrogen (secondary N) is 1. The van der Waals surface area contributed by atoms with E-state index in [0.29, 0.717) is 29.4 Å². The number of halogens is 1. The van der Waals surface area contributed by atoms with Crippen molar-refractivity contribution in [3.8, 4) is 0 Å². The van der Waals surface area contributed by atoms with Crippen LogP contribution >= 0.6 is 11.6 Å². The molecule has 0 saturated heterocycles. The summed E-state index contributed by atoms with van der Waals surface area (Å²) >= 11 is 5.86. The molecule has 0 spiro atoms. The lowest BCUT2D eigenvalue weighted by atomic mass is 10.2. The van der Waals surface area contributed by atoms with Gasteiger partial charge in [-0.05, 0) is 31.2 Å². The van der Waals surface area contributed by atoms with Crippen molar-refractivity contribution in [3.05, 3.63) is 41.2 Å². The summed E-state index contributed by atoms with van der Waals surface area (Å²) in [4.78, 5) is 11.8. The van der Waals surface area contributed by atoms with Crippen LogP contribution in [0.3, 0.4) is 0 Å². The van der Waals surface area contributed by atoms with Crippen molar-refractivity contribution in [3.63, 3.8) is 0 Å². The third-order valence-electron chi connectivity index (χ3n) is 2.77. The van der Waals surface area contributed by atoms with E-state index in [0.717, 1.165) is 5.69 Å². The van der Waals surface area contributed by atoms with Crippen molar-refractivity contribution < 1.29 is 4.79 Å². The lowest BCUT2D eigenvalue weighted by molar-refractivity contribution is -0.116. The van der Waals surface area contributed by atoms with Gasteiger partial charge in [-0.25, -0.2) is 0 Å². The maximum absolute atomic E-state index is 11.8. The number of hydrogen-bond acceptors (Lipinski definition) is 3. The first-order chi connectivity index (χ1) is 9.06. The quantitative estimate of drug-likeness (QED) is 0.844. The molecule has 100 valence electrons. The van der Waals surface area contributed by atoms with Crippen LogP contribution in [-0.4, -0.2) is 15.7 Å². The van der Waals surface area contributed by atoms with Gasteiger partial charge in [0.2, 0.25) is 5.91 Å². The van der Waals surface area contributed by atoms with E-state index < -0.39 is 0 Å². The van der Waals surface area contributed by atoms with Crippen LogP contribution in [0.25, 0.3) is 0 Å². The molecule has 6 heteroatoms. The van der Waals surface area contributed by atoms with Gasteiger partial charge in [0.05, 0.1) is 11.4 Å². The lowest BCUT2D eigenvalue weighted by Gasteiger charge is -2.09. The highest BCUT2D eigenvalue weighted by atomic mass is 35.5. The molecule has 2 rings (SSSR count). The molecule has 1 aromatic heterocycles. The molecule has 0 radical (unpaired) electrons. The van der Waals surface area contributed by atoms with E-state index in [1.807, 2.05) is 13.0 Å². The van der Waals surface area contributed by atoms with E-state index in [1.165, 1.54) is 0 Å². The minimum Gasteiger partial charge on any atom is -0.397 e. The average Bonchev–Trinajstić information content (AvgIpc) is 2.77. The summed E-state index contributed by atoms with van der Waals surface area (Å²) in [7, 11) is 0. The summed E-state index contributed by atoms with van der Waals surface area (Å²) in [6, 6.07) is 6.87. The Morgan fingerprint density at radius 1 is 1.47 bits per heavy atom. The molecule has 0 bridgehead atoms. The Labute approximate surface area is 116 Å². The summed E-state index contributed by atoms with van der Waals surface area (Å²) in [6.07, 6.45) is 2.04. The van der Waals surface area contributed by atoms with Crippen molar-refractivity contribution in [1.29, 1.82) is 0 Å². The summed E-state index contributed by atoms with van der Waals surface area (Å²) < 4.78 is 1.78. The van der Waals surface area contributed by atoms with Crippen molar-refractivity contribution in [2.45, 2.75) is 19.9 Å². The maximum atomic E-state index is 11.8. The zero-order valence-electron chi connectivity index (χ0n) is 10.6. The monoisotopic (exact) mass is 278 g/mol. The van der Waals surface area contributed by atoms with Gasteiger partial charge in [-0.2, -0.15) is 5.10 Å². The summed E-state index contributed by atoms with van der Waals surface area (Å²) in [5, 5.41) is 7.40. The van der Waals surface area contributed by atoms with Crippen LogP contribution in [-0.2, 0) is 11.3 Å². The van der Waals surface area contributed by atoms with Gasteiger partial charge in [0.25, 0.3) is 0 Å². The summed E-state index contributed by atoms with van der Waals surface area (Å²) in [5.74, 6) is -0.121. The molecule has 0 fully saturated rings. The summed E-state index contributed by atoms with van der Waals surface area (Å²) in [5.41, 5.74) is 7.82. The highest BCUT2D eigenvalue weighted by Crippen LogP contribution is 2.22. The van der Waals surface area contributed by atoms with E-state index in [-0.39, 0.29) is 5.91 Å². The van der Waals surface area contributed by atoms with Crippen molar-refractivity contribution in [2.75, 3.05) is 11.1 Å². The van der Waals surface area contributed by atoms with Gasteiger partial charge in [0.1, 0.15) is 0 Å². The molecule has 0 aliphatic carbocycles. The predicted molar refractivity (Wildman–Crippen MR) is 76.1 cm³/mol. The van der Waals surface area contributed by atoms with Gasteiger partial charge < -0.3 is 11.1 Å². The molecule has 0 unspecified atom stereocenters. The Kier molecular flexibility index (Phi) is 4.06. The van der Waals surface area contributed by atoms with Gasteiger partial charge in [0.15, 0.2) is 0 Å². The SMILES string of the molecule is Cc1ccnn1CCC(=O)Nc1cc(Cl)ccc1N. The molecule has 1 aromatic carbocycles. The first kappa shape index (κ1) is 13.4. The number of anilines is 2. The van der Waals surface area contributed by atoms with Gasteiger partial charge >= 0.3 is 0 Å². The van der Waals surface area contributed by atoms with E-state index in [4.69, 9.17) is 17.3 Å². The molecular weight excluding hydrogens is 264 g/mol. The number of benzene rings is 1. The Morgan fingerprint density at radius 3 is 2.95 bits per heavy atom. The third kappa shape index (κ3) is 3.48. The molecule has 1 amide bonds. The molecule has 3 N–H and O–H groups in total. The molecule has 19 heavy (non-hydrogen) atoms. The topological polar surface area (TPSA) is 72.9 Å². The highest BCUT2D eigenvalue weighted by Gasteiger charge is 2.07. The fraction of sp³-hybridized carbons (Fsp3) is 0.231.